The highest BCUT2D eigenvalue weighted by Gasteiger charge is 2.30. The first-order valence-corrected chi connectivity index (χ1v) is 7.86. The number of ether oxygens (including phenoxy) is 1. The normalized spacial score (nSPS) is 16.0. The molecule has 2 aromatic carbocycles. The maximum Gasteiger partial charge on any atom is 0.340 e. The maximum atomic E-state index is 13.0. The van der Waals surface area contributed by atoms with E-state index in [1.807, 2.05) is 17.5 Å². The van der Waals surface area contributed by atoms with Crippen molar-refractivity contribution in [2.75, 3.05) is 5.32 Å². The third kappa shape index (κ3) is 2.57. The summed E-state index contributed by atoms with van der Waals surface area (Å²) in [5.41, 5.74) is 2.95. The van der Waals surface area contributed by atoms with Gasteiger partial charge in [0, 0.05) is 16.5 Å². The molecule has 1 aliphatic rings. The number of halogens is 1. The molecule has 114 valence electrons. The highest BCUT2D eigenvalue weighted by molar-refractivity contribution is 7.14. The second-order valence-electron chi connectivity index (χ2n) is 5.06. The van der Waals surface area contributed by atoms with Crippen LogP contribution in [-0.2, 0) is 4.74 Å². The number of benzene rings is 2. The van der Waals surface area contributed by atoms with E-state index in [-0.39, 0.29) is 11.8 Å². The number of fused-ring (bicyclic) bond motifs is 1. The number of carbonyl (C=O) groups excluding carboxylic acids is 1. The van der Waals surface area contributed by atoms with Gasteiger partial charge in [-0.05, 0) is 30.3 Å². The molecule has 0 spiro atoms. The summed E-state index contributed by atoms with van der Waals surface area (Å²) in [4.78, 5) is 16.3. The highest BCUT2D eigenvalue weighted by Crippen LogP contribution is 2.33. The topological polar surface area (TPSA) is 51.2 Å². The van der Waals surface area contributed by atoms with Crippen LogP contribution in [0.1, 0.15) is 22.1 Å². The smallest absolute Gasteiger partial charge is 0.340 e. The molecule has 1 aromatic heterocycles. The third-order valence-electron chi connectivity index (χ3n) is 3.59. The SMILES string of the molecule is O=C1O[C@H](Nc2nc(-c3ccc(F)cc3)cs2)c2ccccc21. The minimum Gasteiger partial charge on any atom is -0.434 e. The lowest BCUT2D eigenvalue weighted by atomic mass is 10.1. The molecule has 0 fully saturated rings. The summed E-state index contributed by atoms with van der Waals surface area (Å²) < 4.78 is 18.3. The van der Waals surface area contributed by atoms with Crippen molar-refractivity contribution in [1.82, 2.24) is 4.98 Å². The number of nitrogens with zero attached hydrogens (tertiary/aromatic N) is 1. The van der Waals surface area contributed by atoms with E-state index in [1.54, 1.807) is 24.3 Å². The molecule has 6 heteroatoms. The molecule has 1 atom stereocenters. The number of rotatable bonds is 3. The van der Waals surface area contributed by atoms with Crippen molar-refractivity contribution in [1.29, 1.82) is 0 Å². The largest absolute Gasteiger partial charge is 0.434 e. The summed E-state index contributed by atoms with van der Waals surface area (Å²) >= 11 is 1.40. The van der Waals surface area contributed by atoms with Gasteiger partial charge < -0.3 is 10.1 Å². The zero-order valence-corrected chi connectivity index (χ0v) is 12.6. The van der Waals surface area contributed by atoms with Crippen molar-refractivity contribution in [3.8, 4) is 11.3 Å². The Hall–Kier alpha value is -2.73. The van der Waals surface area contributed by atoms with Gasteiger partial charge in [0.2, 0.25) is 6.23 Å². The van der Waals surface area contributed by atoms with Gasteiger partial charge in [0.15, 0.2) is 5.13 Å². The Balaban J connectivity index is 1.57. The summed E-state index contributed by atoms with van der Waals surface area (Å²) in [6.45, 7) is 0. The Morgan fingerprint density at radius 1 is 1.13 bits per heavy atom. The standard InChI is InChI=1S/C17H11FN2O2S/c18-11-7-5-10(6-8-11)14-9-23-17(19-14)20-15-12-3-1-2-4-13(12)16(21)22-15/h1-9,15H,(H,19,20)/t15-/m0/s1. The highest BCUT2D eigenvalue weighted by atomic mass is 32.1. The van der Waals surface area contributed by atoms with Gasteiger partial charge in [0.05, 0.1) is 11.3 Å². The molecular weight excluding hydrogens is 315 g/mol. The molecule has 0 unspecified atom stereocenters. The quantitative estimate of drug-likeness (QED) is 0.732. The molecule has 0 saturated heterocycles. The first kappa shape index (κ1) is 13.9. The Morgan fingerprint density at radius 2 is 1.91 bits per heavy atom. The first-order valence-electron chi connectivity index (χ1n) is 6.98. The van der Waals surface area contributed by atoms with Crippen molar-refractivity contribution >= 4 is 22.4 Å². The molecule has 2 heterocycles. The Kier molecular flexibility index (Phi) is 3.31. The molecular formula is C17H11FN2O2S. The van der Waals surface area contributed by atoms with E-state index in [0.29, 0.717) is 10.7 Å². The van der Waals surface area contributed by atoms with Gasteiger partial charge in [0.1, 0.15) is 5.82 Å². The fraction of sp³-hybridized carbons (Fsp3) is 0.0588. The number of cyclic esters (lactones) is 1. The van der Waals surface area contributed by atoms with E-state index < -0.39 is 6.23 Å². The van der Waals surface area contributed by atoms with Gasteiger partial charge in [-0.25, -0.2) is 14.2 Å². The number of hydrogen-bond donors (Lipinski definition) is 1. The van der Waals surface area contributed by atoms with Gasteiger partial charge in [-0.2, -0.15) is 0 Å². The predicted molar refractivity (Wildman–Crippen MR) is 85.7 cm³/mol. The molecule has 23 heavy (non-hydrogen) atoms. The molecule has 0 radical (unpaired) electrons. The molecule has 1 N–H and O–H groups in total. The number of aromatic nitrogens is 1. The fourth-order valence-electron chi connectivity index (χ4n) is 2.46. The molecule has 4 nitrogen and oxygen atoms in total. The number of carbonyl (C=O) groups is 1. The van der Waals surface area contributed by atoms with Crippen LogP contribution in [0, 0.1) is 5.82 Å². The minimum absolute atomic E-state index is 0.281. The van der Waals surface area contributed by atoms with Crippen LogP contribution in [0.3, 0.4) is 0 Å². The van der Waals surface area contributed by atoms with Crippen LogP contribution in [0.4, 0.5) is 9.52 Å². The third-order valence-corrected chi connectivity index (χ3v) is 4.36. The average molecular weight is 326 g/mol. The minimum atomic E-state index is -0.536. The van der Waals surface area contributed by atoms with Gasteiger partial charge in [-0.3, -0.25) is 0 Å². The summed E-state index contributed by atoms with van der Waals surface area (Å²) in [5, 5.41) is 5.63. The summed E-state index contributed by atoms with van der Waals surface area (Å²) in [6, 6.07) is 13.4. The second-order valence-corrected chi connectivity index (χ2v) is 5.92. The monoisotopic (exact) mass is 326 g/mol. The van der Waals surface area contributed by atoms with E-state index in [1.165, 1.54) is 23.5 Å². The summed E-state index contributed by atoms with van der Waals surface area (Å²) in [6.07, 6.45) is -0.536. The van der Waals surface area contributed by atoms with Crippen LogP contribution in [0.25, 0.3) is 11.3 Å². The molecule has 3 aromatic rings. The van der Waals surface area contributed by atoms with Crippen molar-refractivity contribution in [2.45, 2.75) is 6.23 Å². The fourth-order valence-corrected chi connectivity index (χ4v) is 3.20. The lowest BCUT2D eigenvalue weighted by Gasteiger charge is -2.11. The lowest BCUT2D eigenvalue weighted by Crippen LogP contribution is -2.09. The van der Waals surface area contributed by atoms with Crippen molar-refractivity contribution in [3.05, 3.63) is 70.9 Å². The summed E-state index contributed by atoms with van der Waals surface area (Å²) in [7, 11) is 0. The Morgan fingerprint density at radius 3 is 2.74 bits per heavy atom. The average Bonchev–Trinajstić information content (AvgIpc) is 3.15. The van der Waals surface area contributed by atoms with Crippen LogP contribution in [0.2, 0.25) is 0 Å². The van der Waals surface area contributed by atoms with Crippen LogP contribution >= 0.6 is 11.3 Å². The van der Waals surface area contributed by atoms with Crippen LogP contribution in [-0.4, -0.2) is 11.0 Å². The van der Waals surface area contributed by atoms with E-state index in [2.05, 4.69) is 10.3 Å². The van der Waals surface area contributed by atoms with E-state index >= 15 is 0 Å². The lowest BCUT2D eigenvalue weighted by molar-refractivity contribution is 0.0437. The van der Waals surface area contributed by atoms with Crippen LogP contribution in [0.15, 0.2) is 53.9 Å². The molecule has 0 amide bonds. The van der Waals surface area contributed by atoms with Crippen molar-refractivity contribution < 1.29 is 13.9 Å². The number of nitrogens with one attached hydrogen (secondary N) is 1. The van der Waals surface area contributed by atoms with Crippen molar-refractivity contribution in [3.63, 3.8) is 0 Å². The molecule has 4 rings (SSSR count). The van der Waals surface area contributed by atoms with E-state index in [0.717, 1.165) is 16.8 Å². The second kappa shape index (κ2) is 5.48. The van der Waals surface area contributed by atoms with Gasteiger partial charge in [0.25, 0.3) is 0 Å². The molecule has 0 bridgehead atoms. The Labute approximate surface area is 135 Å². The first-order chi connectivity index (χ1) is 11.2. The number of hydrogen-bond acceptors (Lipinski definition) is 5. The predicted octanol–water partition coefficient (Wildman–Crippen LogP) is 4.23. The Bertz CT molecular complexity index is 876. The summed E-state index contributed by atoms with van der Waals surface area (Å²) in [5.74, 6) is -0.620. The molecule has 1 aliphatic heterocycles. The number of thiazole rings is 1. The van der Waals surface area contributed by atoms with E-state index in [9.17, 15) is 9.18 Å². The van der Waals surface area contributed by atoms with Crippen LogP contribution in [0.5, 0.6) is 0 Å². The van der Waals surface area contributed by atoms with Gasteiger partial charge in [-0.15, -0.1) is 11.3 Å². The van der Waals surface area contributed by atoms with Gasteiger partial charge >= 0.3 is 5.97 Å². The number of esters is 1. The zero-order chi connectivity index (χ0) is 15.8. The van der Waals surface area contributed by atoms with Crippen LogP contribution < -0.4 is 5.32 Å². The maximum absolute atomic E-state index is 13.0. The van der Waals surface area contributed by atoms with Crippen molar-refractivity contribution in [2.24, 2.45) is 0 Å². The van der Waals surface area contributed by atoms with E-state index in [4.69, 9.17) is 4.74 Å². The van der Waals surface area contributed by atoms with Gasteiger partial charge in [-0.1, -0.05) is 18.2 Å². The molecule has 0 aliphatic carbocycles. The molecule has 0 saturated carbocycles. The number of anilines is 1. The zero-order valence-electron chi connectivity index (χ0n) is 11.8.